The van der Waals surface area contributed by atoms with Gasteiger partial charge in [0.2, 0.25) is 0 Å². The van der Waals surface area contributed by atoms with Gasteiger partial charge >= 0.3 is 0 Å². The van der Waals surface area contributed by atoms with E-state index in [2.05, 4.69) is 4.90 Å². The largest absolute Gasteiger partial charge is 0.375 e. The van der Waals surface area contributed by atoms with Gasteiger partial charge < -0.3 is 4.74 Å². The Labute approximate surface area is 66.5 Å². The molecule has 0 aromatic rings. The molecule has 4 rings (SSSR count). The van der Waals surface area contributed by atoms with Crippen LogP contribution < -0.4 is 0 Å². The van der Waals surface area contributed by atoms with Crippen molar-refractivity contribution in [3.8, 4) is 0 Å². The van der Waals surface area contributed by atoms with Crippen LogP contribution in [0.1, 0.15) is 12.8 Å². The number of hydrogen-bond acceptors (Lipinski definition) is 2. The van der Waals surface area contributed by atoms with Crippen LogP contribution in [-0.2, 0) is 4.74 Å². The van der Waals surface area contributed by atoms with Crippen LogP contribution in [0.5, 0.6) is 0 Å². The summed E-state index contributed by atoms with van der Waals surface area (Å²) in [5, 5.41) is 0. The van der Waals surface area contributed by atoms with E-state index in [1.54, 1.807) is 0 Å². The van der Waals surface area contributed by atoms with Crippen molar-refractivity contribution in [3.05, 3.63) is 0 Å². The van der Waals surface area contributed by atoms with E-state index in [0.717, 1.165) is 18.4 Å². The predicted octanol–water partition coefficient (Wildman–Crippen LogP) is 0.479. The summed E-state index contributed by atoms with van der Waals surface area (Å²) >= 11 is 0. The Morgan fingerprint density at radius 3 is 3.27 bits per heavy atom. The molecule has 0 aromatic carbocycles. The van der Waals surface area contributed by atoms with Crippen LogP contribution in [0.25, 0.3) is 0 Å². The third kappa shape index (κ3) is 0.390. The summed E-state index contributed by atoms with van der Waals surface area (Å²) in [5.41, 5.74) is 0.635. The predicted molar refractivity (Wildman–Crippen MR) is 40.3 cm³/mol. The van der Waals surface area contributed by atoms with Crippen molar-refractivity contribution >= 4 is 0 Å². The smallest absolute Gasteiger partial charge is 0.0816 e. The fraction of sp³-hybridized carbons (Fsp3) is 1.00. The van der Waals surface area contributed by atoms with Gasteiger partial charge in [-0.1, -0.05) is 0 Å². The van der Waals surface area contributed by atoms with Gasteiger partial charge in [0, 0.05) is 12.5 Å². The van der Waals surface area contributed by atoms with Crippen molar-refractivity contribution in [2.45, 2.75) is 24.5 Å². The van der Waals surface area contributed by atoms with E-state index in [-0.39, 0.29) is 0 Å². The fourth-order valence-corrected chi connectivity index (χ4v) is 3.75. The lowest BCUT2D eigenvalue weighted by atomic mass is 9.97. The molecule has 2 saturated heterocycles. The lowest BCUT2D eigenvalue weighted by molar-refractivity contribution is -0.0474. The molecule has 4 aliphatic rings. The third-order valence-corrected chi connectivity index (χ3v) is 4.27. The number of nitrogens with zero attached hydrogens (tertiary/aromatic N) is 1. The summed E-state index contributed by atoms with van der Waals surface area (Å²) in [6.45, 7) is 3.56. The zero-order valence-electron chi connectivity index (χ0n) is 6.62. The van der Waals surface area contributed by atoms with Crippen molar-refractivity contribution in [2.24, 2.45) is 11.8 Å². The summed E-state index contributed by atoms with van der Waals surface area (Å²) in [5.74, 6) is 2.04. The van der Waals surface area contributed by atoms with Gasteiger partial charge in [-0.05, 0) is 25.3 Å². The average molecular weight is 151 g/mol. The Balaban J connectivity index is 1.75. The zero-order valence-corrected chi connectivity index (χ0v) is 6.62. The second-order valence-electron chi connectivity index (χ2n) is 4.44. The molecule has 2 heteroatoms. The van der Waals surface area contributed by atoms with Crippen LogP contribution in [0, 0.1) is 11.8 Å². The van der Waals surface area contributed by atoms with Crippen LogP contribution in [-0.4, -0.2) is 36.2 Å². The van der Waals surface area contributed by atoms with Gasteiger partial charge in [-0.25, -0.2) is 0 Å². The molecule has 11 heavy (non-hydrogen) atoms. The summed E-state index contributed by atoms with van der Waals surface area (Å²) in [7, 11) is 0. The molecule has 4 fully saturated rings. The highest BCUT2D eigenvalue weighted by Crippen LogP contribution is 2.79. The zero-order chi connectivity index (χ0) is 7.05. The topological polar surface area (TPSA) is 12.5 Å². The van der Waals surface area contributed by atoms with Crippen LogP contribution in [0.4, 0.5) is 0 Å². The standard InChI is InChI=1S/C9H13NO/c1-2-6-7-8-9(6,7)10(3-1)4-5-11-8/h6-8H,1-5H2/t6-,7?,8?,9?/m1/s1. The van der Waals surface area contributed by atoms with Crippen molar-refractivity contribution in [1.82, 2.24) is 4.90 Å². The minimum absolute atomic E-state index is 0.635. The molecule has 60 valence electrons. The molecular weight excluding hydrogens is 138 g/mol. The Morgan fingerprint density at radius 1 is 1.36 bits per heavy atom. The number of ether oxygens (including phenoxy) is 1. The Kier molecular flexibility index (Phi) is 0.695. The SMILES string of the molecule is C1C[C@@H]2C3C4OCCN(C1)C432. The number of rotatable bonds is 0. The van der Waals surface area contributed by atoms with Crippen LogP contribution >= 0.6 is 0 Å². The summed E-state index contributed by atoms with van der Waals surface area (Å²) in [6.07, 6.45) is 3.61. The normalized spacial score (nSPS) is 64.9. The molecule has 0 radical (unpaired) electrons. The van der Waals surface area contributed by atoms with E-state index in [0.29, 0.717) is 11.6 Å². The monoisotopic (exact) mass is 151 g/mol. The van der Waals surface area contributed by atoms with E-state index in [4.69, 9.17) is 4.74 Å². The molecule has 2 aliphatic carbocycles. The molecule has 2 saturated carbocycles. The van der Waals surface area contributed by atoms with Crippen LogP contribution in [0.15, 0.2) is 0 Å². The van der Waals surface area contributed by atoms with Gasteiger partial charge in [-0.2, -0.15) is 0 Å². The molecule has 2 heterocycles. The van der Waals surface area contributed by atoms with E-state index >= 15 is 0 Å². The first kappa shape index (κ1) is 5.55. The molecule has 0 amide bonds. The van der Waals surface area contributed by atoms with Gasteiger partial charge in [0.25, 0.3) is 0 Å². The van der Waals surface area contributed by atoms with E-state index in [1.807, 2.05) is 0 Å². The van der Waals surface area contributed by atoms with Crippen molar-refractivity contribution in [1.29, 1.82) is 0 Å². The van der Waals surface area contributed by atoms with E-state index in [9.17, 15) is 0 Å². The maximum absolute atomic E-state index is 5.70. The molecule has 4 atom stereocenters. The quantitative estimate of drug-likeness (QED) is 0.499. The third-order valence-electron chi connectivity index (χ3n) is 4.27. The Hall–Kier alpha value is -0.0800. The molecule has 0 aromatic heterocycles. The van der Waals surface area contributed by atoms with Gasteiger partial charge in [-0.15, -0.1) is 0 Å². The minimum Gasteiger partial charge on any atom is -0.375 e. The van der Waals surface area contributed by atoms with Crippen LogP contribution in [0.2, 0.25) is 0 Å². The Bertz CT molecular complexity index is 210. The van der Waals surface area contributed by atoms with Crippen molar-refractivity contribution < 1.29 is 4.74 Å². The van der Waals surface area contributed by atoms with Crippen LogP contribution in [0.3, 0.4) is 0 Å². The highest BCUT2D eigenvalue weighted by atomic mass is 16.5. The highest BCUT2D eigenvalue weighted by molar-refractivity contribution is 5.43. The molecular formula is C9H13NO. The summed E-state index contributed by atoms with van der Waals surface area (Å²) < 4.78 is 5.70. The van der Waals surface area contributed by atoms with Gasteiger partial charge in [0.15, 0.2) is 0 Å². The first-order valence-corrected chi connectivity index (χ1v) is 4.82. The Morgan fingerprint density at radius 2 is 2.36 bits per heavy atom. The molecule has 1 spiro atoms. The maximum atomic E-state index is 5.70. The van der Waals surface area contributed by atoms with Gasteiger partial charge in [0.1, 0.15) is 0 Å². The fourth-order valence-electron chi connectivity index (χ4n) is 3.75. The first-order valence-electron chi connectivity index (χ1n) is 4.82. The van der Waals surface area contributed by atoms with E-state index in [1.165, 1.54) is 25.9 Å². The summed E-state index contributed by atoms with van der Waals surface area (Å²) in [4.78, 5) is 2.71. The molecule has 3 unspecified atom stereocenters. The second-order valence-corrected chi connectivity index (χ2v) is 4.44. The van der Waals surface area contributed by atoms with Crippen molar-refractivity contribution in [2.75, 3.05) is 19.7 Å². The average Bonchev–Trinajstić information content (AvgIpc) is 2.88. The number of morpholine rings is 1. The number of fused-ring (bicyclic) bond motifs is 2. The molecule has 0 bridgehead atoms. The van der Waals surface area contributed by atoms with Gasteiger partial charge in [-0.3, -0.25) is 4.90 Å². The first-order chi connectivity index (χ1) is 5.45. The lowest BCUT2D eigenvalue weighted by Gasteiger charge is -2.38. The number of piperidine rings is 1. The number of hydrogen-bond donors (Lipinski definition) is 0. The van der Waals surface area contributed by atoms with E-state index < -0.39 is 0 Å². The summed E-state index contributed by atoms with van der Waals surface area (Å²) in [6, 6.07) is 0. The molecule has 2 aliphatic heterocycles. The minimum atomic E-state index is 0.635. The highest BCUT2D eigenvalue weighted by Gasteiger charge is 2.90. The molecule has 2 nitrogen and oxygen atoms in total. The maximum Gasteiger partial charge on any atom is 0.0816 e. The lowest BCUT2D eigenvalue weighted by Crippen LogP contribution is -2.49. The van der Waals surface area contributed by atoms with Crippen molar-refractivity contribution in [3.63, 3.8) is 0 Å². The molecule has 0 N–H and O–H groups in total. The van der Waals surface area contributed by atoms with Gasteiger partial charge in [0.05, 0.1) is 18.2 Å². The second kappa shape index (κ2) is 1.38.